The lowest BCUT2D eigenvalue weighted by Gasteiger charge is -2.21. The van der Waals surface area contributed by atoms with Crippen LogP contribution >= 0.6 is 0 Å². The van der Waals surface area contributed by atoms with Crippen LogP contribution in [0.2, 0.25) is 0 Å². The van der Waals surface area contributed by atoms with Crippen LogP contribution in [0.25, 0.3) is 11.3 Å². The molecule has 0 saturated carbocycles. The van der Waals surface area contributed by atoms with E-state index in [4.69, 9.17) is 0 Å². The molecule has 1 aromatic carbocycles. The van der Waals surface area contributed by atoms with Gasteiger partial charge in [0.15, 0.2) is 0 Å². The summed E-state index contributed by atoms with van der Waals surface area (Å²) < 4.78 is 3.71. The molecule has 0 aliphatic rings. The molecule has 0 aliphatic carbocycles. The van der Waals surface area contributed by atoms with E-state index in [1.165, 1.54) is 0 Å². The molecule has 0 N–H and O–H groups in total. The zero-order valence-corrected chi connectivity index (χ0v) is 11.9. The summed E-state index contributed by atoms with van der Waals surface area (Å²) in [5.41, 5.74) is 5.28. The molecule has 0 bridgehead atoms. The highest BCUT2D eigenvalue weighted by Crippen LogP contribution is 2.17. The fourth-order valence-corrected chi connectivity index (χ4v) is 2.22. The fourth-order valence-electron chi connectivity index (χ4n) is 2.22. The Kier molecular flexibility index (Phi) is 3.18. The number of hydrogen-bond acceptors (Lipinski definition) is 2. The monoisotopic (exact) mass is 263 g/mol. The van der Waals surface area contributed by atoms with Crippen molar-refractivity contribution in [3.05, 3.63) is 59.5 Å². The molecule has 0 spiro atoms. The van der Waals surface area contributed by atoms with Gasteiger partial charge in [0, 0.05) is 5.56 Å². The van der Waals surface area contributed by atoms with Gasteiger partial charge >= 0.3 is 0 Å². The van der Waals surface area contributed by atoms with Gasteiger partial charge in [-0.15, -0.1) is 0 Å². The van der Waals surface area contributed by atoms with Crippen molar-refractivity contribution in [2.75, 3.05) is 0 Å². The molecule has 100 valence electrons. The van der Waals surface area contributed by atoms with Gasteiger partial charge in [-0.3, -0.25) is 0 Å². The van der Waals surface area contributed by atoms with Crippen molar-refractivity contribution in [3.8, 4) is 11.3 Å². The minimum Gasteiger partial charge on any atom is -0.486 e. The van der Waals surface area contributed by atoms with Crippen molar-refractivity contribution in [3.63, 3.8) is 0 Å². The molecule has 20 heavy (non-hydrogen) atoms. The van der Waals surface area contributed by atoms with Gasteiger partial charge in [-0.1, -0.05) is 30.3 Å². The van der Waals surface area contributed by atoms with Crippen LogP contribution in [0.4, 0.5) is 0 Å². The van der Waals surface area contributed by atoms with Crippen molar-refractivity contribution < 1.29 is 0 Å². The molecule has 0 saturated heterocycles. The average molecular weight is 263 g/mol. The summed E-state index contributed by atoms with van der Waals surface area (Å²) in [5.74, 6) is 0. The largest absolute Gasteiger partial charge is 0.486 e. The maximum absolute atomic E-state index is 4.63. The highest BCUT2D eigenvalue weighted by Gasteiger charge is 2.02. The Balaban J connectivity index is 1.92. The van der Waals surface area contributed by atoms with E-state index in [9.17, 15) is 0 Å². The summed E-state index contributed by atoms with van der Waals surface area (Å²) >= 11 is 0. The zero-order valence-electron chi connectivity index (χ0n) is 11.9. The smallest absolute Gasteiger partial charge is 0.0879 e. The van der Waals surface area contributed by atoms with E-state index in [0.717, 1.165) is 28.3 Å². The van der Waals surface area contributed by atoms with Crippen LogP contribution < -0.4 is 0 Å². The first-order valence-electron chi connectivity index (χ1n) is 6.63. The molecule has 0 fully saturated rings. The third-order valence-electron chi connectivity index (χ3n) is 3.26. The van der Waals surface area contributed by atoms with Gasteiger partial charge in [-0.25, -0.2) is 10.2 Å². The van der Waals surface area contributed by atoms with Crippen LogP contribution in [0, 0.1) is 20.8 Å². The first-order chi connectivity index (χ1) is 9.63. The second kappa shape index (κ2) is 5.00. The summed E-state index contributed by atoms with van der Waals surface area (Å²) in [6.45, 7) is 6.07. The Hall–Kier alpha value is -2.30. The zero-order chi connectivity index (χ0) is 14.1. The Bertz CT molecular complexity index is 728. The van der Waals surface area contributed by atoms with Crippen molar-refractivity contribution >= 4 is 7.55 Å². The van der Waals surface area contributed by atoms with E-state index in [1.54, 1.807) is 0 Å². The molecular weight excluding hydrogens is 247 g/mol. The van der Waals surface area contributed by atoms with Crippen LogP contribution in [-0.2, 0) is 0 Å². The van der Waals surface area contributed by atoms with Crippen molar-refractivity contribution in [1.82, 2.24) is 19.4 Å². The van der Waals surface area contributed by atoms with Gasteiger partial charge in [0.2, 0.25) is 0 Å². The Labute approximate surface area is 119 Å². The SMILES string of the molecule is Cc1cc(C)n([B-]n2nc(-c3ccccc3)cc2C)n1. The number of hydrogen-bond donors (Lipinski definition) is 0. The van der Waals surface area contributed by atoms with E-state index in [-0.39, 0.29) is 0 Å². The summed E-state index contributed by atoms with van der Waals surface area (Å²) in [4.78, 5) is 0. The molecule has 0 atom stereocenters. The summed E-state index contributed by atoms with van der Waals surface area (Å²) in [7, 11) is 1.91. The van der Waals surface area contributed by atoms with Gasteiger partial charge in [-0.2, -0.15) is 0 Å². The topological polar surface area (TPSA) is 35.6 Å². The van der Waals surface area contributed by atoms with Crippen LogP contribution in [0.1, 0.15) is 17.1 Å². The lowest BCUT2D eigenvalue weighted by molar-refractivity contribution is 0.842. The van der Waals surface area contributed by atoms with Crippen LogP contribution in [0.15, 0.2) is 42.5 Å². The lowest BCUT2D eigenvalue weighted by atomic mass is 10.1. The summed E-state index contributed by atoms with van der Waals surface area (Å²) in [6, 6.07) is 14.3. The highest BCUT2D eigenvalue weighted by atomic mass is 15.3. The van der Waals surface area contributed by atoms with Crippen LogP contribution in [0.3, 0.4) is 0 Å². The van der Waals surface area contributed by atoms with Gasteiger partial charge in [-0.05, 0) is 51.8 Å². The van der Waals surface area contributed by atoms with Crippen molar-refractivity contribution in [2.24, 2.45) is 0 Å². The standard InChI is InChI=1S/C15H16BN4/c1-11-9-12(2)19(17-11)16-20-13(3)10-15(18-20)14-7-5-4-6-8-14/h4-10H,1-3H3/q-1. The minimum absolute atomic E-state index is 0.973. The third kappa shape index (κ3) is 2.39. The van der Waals surface area contributed by atoms with Crippen molar-refractivity contribution in [1.29, 1.82) is 0 Å². The van der Waals surface area contributed by atoms with Crippen molar-refractivity contribution in [2.45, 2.75) is 20.8 Å². The molecule has 0 unspecified atom stereocenters. The van der Waals surface area contributed by atoms with Gasteiger partial charge in [0.25, 0.3) is 0 Å². The normalized spacial score (nSPS) is 10.9. The number of aromatic nitrogens is 4. The summed E-state index contributed by atoms with van der Waals surface area (Å²) in [6.07, 6.45) is 0. The van der Waals surface area contributed by atoms with Gasteiger partial charge < -0.3 is 9.19 Å². The highest BCUT2D eigenvalue weighted by molar-refractivity contribution is 6.31. The Morgan fingerprint density at radius 1 is 0.850 bits per heavy atom. The molecule has 0 amide bonds. The van der Waals surface area contributed by atoms with Gasteiger partial charge in [0.1, 0.15) is 0 Å². The van der Waals surface area contributed by atoms with E-state index in [1.807, 2.05) is 61.8 Å². The molecule has 3 rings (SSSR count). The maximum Gasteiger partial charge on any atom is 0.0879 e. The lowest BCUT2D eigenvalue weighted by Crippen LogP contribution is -2.21. The van der Waals surface area contributed by atoms with Crippen LogP contribution in [0.5, 0.6) is 0 Å². The number of rotatable bonds is 3. The molecule has 0 aliphatic heterocycles. The molecule has 2 aromatic heterocycles. The second-order valence-corrected chi connectivity index (χ2v) is 4.97. The van der Waals surface area contributed by atoms with E-state index >= 15 is 0 Å². The molecular formula is C15H16BN4-. The van der Waals surface area contributed by atoms with Crippen LogP contribution in [-0.4, -0.2) is 26.9 Å². The molecule has 2 radical (unpaired) electrons. The molecule has 3 aromatic rings. The summed E-state index contributed by atoms with van der Waals surface area (Å²) in [5, 5.41) is 9.05. The maximum atomic E-state index is 4.63. The molecule has 5 heteroatoms. The Morgan fingerprint density at radius 3 is 2.15 bits per heavy atom. The average Bonchev–Trinajstić information content (AvgIpc) is 2.95. The van der Waals surface area contributed by atoms with E-state index in [2.05, 4.69) is 28.4 Å². The number of aryl methyl sites for hydroxylation is 3. The molecule has 2 heterocycles. The number of benzene rings is 1. The van der Waals surface area contributed by atoms with Gasteiger partial charge in [0.05, 0.1) is 11.4 Å². The molecule has 4 nitrogen and oxygen atoms in total. The van der Waals surface area contributed by atoms with E-state index in [0.29, 0.717) is 0 Å². The fraction of sp³-hybridized carbons (Fsp3) is 0.200. The predicted octanol–water partition coefficient (Wildman–Crippen LogP) is 2.60. The second-order valence-electron chi connectivity index (χ2n) is 4.97. The van der Waals surface area contributed by atoms with E-state index < -0.39 is 0 Å². The Morgan fingerprint density at radius 2 is 1.50 bits per heavy atom. The minimum atomic E-state index is 0.973. The predicted molar refractivity (Wildman–Crippen MR) is 80.7 cm³/mol. The third-order valence-corrected chi connectivity index (χ3v) is 3.26. The first kappa shape index (κ1) is 12.7. The number of nitrogens with zero attached hydrogens (tertiary/aromatic N) is 4. The quantitative estimate of drug-likeness (QED) is 0.681. The first-order valence-corrected chi connectivity index (χ1v) is 6.63.